The lowest BCUT2D eigenvalue weighted by Gasteiger charge is -2.25. The van der Waals surface area contributed by atoms with Crippen LogP contribution in [0.25, 0.3) is 0 Å². The third-order valence-electron chi connectivity index (χ3n) is 2.29. The van der Waals surface area contributed by atoms with E-state index >= 15 is 0 Å². The summed E-state index contributed by atoms with van der Waals surface area (Å²) in [6.45, 7) is 3.61. The minimum absolute atomic E-state index is 0.325. The molecular formula is C9H17NO3. The van der Waals surface area contributed by atoms with E-state index in [4.69, 9.17) is 5.11 Å². The molecule has 0 spiro atoms. The highest BCUT2D eigenvalue weighted by molar-refractivity contribution is 5.56. The molecule has 0 saturated carbocycles. The molecule has 76 valence electrons. The minimum atomic E-state index is -1.17. The average Bonchev–Trinajstić information content (AvgIpc) is 2.14. The Hall–Kier alpha value is -0.770. The van der Waals surface area contributed by atoms with Crippen molar-refractivity contribution in [1.29, 1.82) is 0 Å². The van der Waals surface area contributed by atoms with Crippen LogP contribution in [0, 0.1) is 0 Å². The predicted octanol–water partition coefficient (Wildman–Crippen LogP) is 1.56. The van der Waals surface area contributed by atoms with Crippen LogP contribution in [-0.4, -0.2) is 42.4 Å². The van der Waals surface area contributed by atoms with Gasteiger partial charge in [0.05, 0.1) is 6.61 Å². The van der Waals surface area contributed by atoms with Gasteiger partial charge in [-0.2, -0.15) is 0 Å². The number of hydrogen-bond acceptors (Lipinski definition) is 3. The van der Waals surface area contributed by atoms with E-state index in [-0.39, 0.29) is 0 Å². The maximum absolute atomic E-state index is 10.0. The number of hydrogen-bond donors (Lipinski definition) is 1. The fraction of sp³-hybridized carbons (Fsp3) is 0.889. The first-order chi connectivity index (χ1) is 6.29. The van der Waals surface area contributed by atoms with Crippen LogP contribution in [0.2, 0.25) is 0 Å². The average molecular weight is 187 g/mol. The molecular weight excluding hydrogens is 170 g/mol. The van der Waals surface area contributed by atoms with Crippen molar-refractivity contribution in [2.24, 2.45) is 0 Å². The summed E-state index contributed by atoms with van der Waals surface area (Å²) in [7, 11) is 0. The first-order valence-electron chi connectivity index (χ1n) is 4.87. The Morgan fingerprint density at radius 2 is 2.00 bits per heavy atom. The number of carbonyl (C=O) groups is 1. The van der Waals surface area contributed by atoms with Crippen molar-refractivity contribution in [3.8, 4) is 0 Å². The Kier molecular flexibility index (Phi) is 4.60. The molecule has 1 aliphatic rings. The largest absolute Gasteiger partial charge is 0.505 e. The summed E-state index contributed by atoms with van der Waals surface area (Å²) in [5, 5.41) is 8.21. The molecule has 4 heteroatoms. The fourth-order valence-electron chi connectivity index (χ4n) is 1.63. The molecule has 0 radical (unpaired) electrons. The molecule has 0 aliphatic carbocycles. The van der Waals surface area contributed by atoms with Crippen LogP contribution >= 0.6 is 0 Å². The molecule has 0 aromatic carbocycles. The first-order valence-corrected chi connectivity index (χ1v) is 4.87. The summed E-state index contributed by atoms with van der Waals surface area (Å²) in [5.74, 6) is 0. The zero-order valence-corrected chi connectivity index (χ0v) is 7.87. The van der Waals surface area contributed by atoms with Gasteiger partial charge in [0.15, 0.2) is 0 Å². The fourth-order valence-corrected chi connectivity index (χ4v) is 1.63. The lowest BCUT2D eigenvalue weighted by molar-refractivity contribution is 0.0861. The summed E-state index contributed by atoms with van der Waals surface area (Å²) >= 11 is 0. The zero-order chi connectivity index (χ0) is 9.52. The molecule has 0 amide bonds. The lowest BCUT2D eigenvalue weighted by atomic mass is 10.1. The van der Waals surface area contributed by atoms with Crippen LogP contribution in [0.5, 0.6) is 0 Å². The van der Waals surface area contributed by atoms with E-state index in [1.165, 1.54) is 19.3 Å². The SMILES string of the molecule is O=C(O)OCCCN1CCCCC1. The van der Waals surface area contributed by atoms with E-state index in [2.05, 4.69) is 9.64 Å². The molecule has 0 unspecified atom stereocenters. The number of nitrogens with zero attached hydrogens (tertiary/aromatic N) is 1. The van der Waals surface area contributed by atoms with E-state index in [0.29, 0.717) is 6.61 Å². The molecule has 13 heavy (non-hydrogen) atoms. The predicted molar refractivity (Wildman–Crippen MR) is 48.9 cm³/mol. The van der Waals surface area contributed by atoms with Crippen LogP contribution in [-0.2, 0) is 4.74 Å². The summed E-state index contributed by atoms with van der Waals surface area (Å²) in [6, 6.07) is 0. The molecule has 0 aromatic rings. The van der Waals surface area contributed by atoms with E-state index in [9.17, 15) is 4.79 Å². The smallest absolute Gasteiger partial charge is 0.450 e. The maximum atomic E-state index is 10.0. The second-order valence-electron chi connectivity index (χ2n) is 3.37. The number of rotatable bonds is 4. The maximum Gasteiger partial charge on any atom is 0.505 e. The van der Waals surface area contributed by atoms with Crippen LogP contribution < -0.4 is 0 Å². The molecule has 0 atom stereocenters. The zero-order valence-electron chi connectivity index (χ0n) is 7.87. The van der Waals surface area contributed by atoms with Crippen molar-refractivity contribution in [3.05, 3.63) is 0 Å². The van der Waals surface area contributed by atoms with Gasteiger partial charge < -0.3 is 14.7 Å². The molecule has 4 nitrogen and oxygen atoms in total. The lowest BCUT2D eigenvalue weighted by Crippen LogP contribution is -2.31. The number of likely N-dealkylation sites (tertiary alicyclic amines) is 1. The van der Waals surface area contributed by atoms with Crippen LogP contribution in [0.3, 0.4) is 0 Å². The van der Waals surface area contributed by atoms with E-state index in [1.807, 2.05) is 0 Å². The van der Waals surface area contributed by atoms with Crippen LogP contribution in [0.1, 0.15) is 25.7 Å². The van der Waals surface area contributed by atoms with E-state index in [0.717, 1.165) is 26.1 Å². The second-order valence-corrected chi connectivity index (χ2v) is 3.37. The molecule has 0 bridgehead atoms. The Labute approximate surface area is 78.5 Å². The molecule has 1 aliphatic heterocycles. The van der Waals surface area contributed by atoms with Gasteiger partial charge in [0, 0.05) is 6.54 Å². The summed E-state index contributed by atoms with van der Waals surface area (Å²) < 4.78 is 4.42. The number of ether oxygens (including phenoxy) is 1. The molecule has 1 heterocycles. The molecule has 1 N–H and O–H groups in total. The van der Waals surface area contributed by atoms with Crippen LogP contribution in [0.4, 0.5) is 4.79 Å². The molecule has 0 aromatic heterocycles. The van der Waals surface area contributed by atoms with Gasteiger partial charge in [0.1, 0.15) is 0 Å². The minimum Gasteiger partial charge on any atom is -0.450 e. The van der Waals surface area contributed by atoms with Crippen LogP contribution in [0.15, 0.2) is 0 Å². The Morgan fingerprint density at radius 3 is 2.62 bits per heavy atom. The van der Waals surface area contributed by atoms with Crippen molar-refractivity contribution < 1.29 is 14.6 Å². The van der Waals surface area contributed by atoms with Gasteiger partial charge in [-0.15, -0.1) is 0 Å². The van der Waals surface area contributed by atoms with Gasteiger partial charge in [-0.05, 0) is 32.4 Å². The van der Waals surface area contributed by atoms with Gasteiger partial charge >= 0.3 is 6.16 Å². The van der Waals surface area contributed by atoms with Crippen molar-refractivity contribution in [2.45, 2.75) is 25.7 Å². The first kappa shape index (κ1) is 10.3. The number of carboxylic acid groups (broad SMARTS) is 1. The summed E-state index contributed by atoms with van der Waals surface area (Å²) in [4.78, 5) is 12.4. The third-order valence-corrected chi connectivity index (χ3v) is 2.29. The highest BCUT2D eigenvalue weighted by atomic mass is 16.7. The summed E-state index contributed by atoms with van der Waals surface area (Å²) in [5.41, 5.74) is 0. The standard InChI is InChI=1S/C9H17NO3/c11-9(12)13-8-4-7-10-5-2-1-3-6-10/h1-8H2,(H,11,12). The summed E-state index contributed by atoms with van der Waals surface area (Å²) in [6.07, 6.45) is 3.53. The van der Waals surface area contributed by atoms with Crippen molar-refractivity contribution in [3.63, 3.8) is 0 Å². The molecule has 1 saturated heterocycles. The van der Waals surface area contributed by atoms with Gasteiger partial charge in [0.25, 0.3) is 0 Å². The third kappa shape index (κ3) is 4.72. The Bertz CT molecular complexity index is 155. The Balaban J connectivity index is 1.95. The Morgan fingerprint density at radius 1 is 1.31 bits per heavy atom. The van der Waals surface area contributed by atoms with E-state index in [1.54, 1.807) is 0 Å². The van der Waals surface area contributed by atoms with Gasteiger partial charge in [0.2, 0.25) is 0 Å². The van der Waals surface area contributed by atoms with Crippen molar-refractivity contribution in [1.82, 2.24) is 4.90 Å². The monoisotopic (exact) mass is 187 g/mol. The molecule has 1 fully saturated rings. The quantitative estimate of drug-likeness (QED) is 0.536. The van der Waals surface area contributed by atoms with Gasteiger partial charge in [-0.25, -0.2) is 4.79 Å². The molecule has 1 rings (SSSR count). The van der Waals surface area contributed by atoms with E-state index < -0.39 is 6.16 Å². The topological polar surface area (TPSA) is 49.8 Å². The highest BCUT2D eigenvalue weighted by Crippen LogP contribution is 2.08. The highest BCUT2D eigenvalue weighted by Gasteiger charge is 2.09. The normalized spacial score (nSPS) is 18.5. The van der Waals surface area contributed by atoms with Crippen molar-refractivity contribution in [2.75, 3.05) is 26.2 Å². The van der Waals surface area contributed by atoms with Gasteiger partial charge in [-0.3, -0.25) is 0 Å². The van der Waals surface area contributed by atoms with Gasteiger partial charge in [-0.1, -0.05) is 6.42 Å². The van der Waals surface area contributed by atoms with Crippen molar-refractivity contribution >= 4 is 6.16 Å². The number of piperidine rings is 1. The second kappa shape index (κ2) is 5.80.